The van der Waals surface area contributed by atoms with Crippen molar-refractivity contribution in [3.8, 4) is 22.5 Å². The molecule has 111 heavy (non-hydrogen) atoms. The van der Waals surface area contributed by atoms with E-state index < -0.39 is 11.2 Å². The highest BCUT2D eigenvalue weighted by molar-refractivity contribution is 9.09. The van der Waals surface area contributed by atoms with Crippen LogP contribution in [0.15, 0.2) is 155 Å². The summed E-state index contributed by atoms with van der Waals surface area (Å²) in [6, 6.07) is 41.1. The first-order valence-electron chi connectivity index (χ1n) is 37.1. The van der Waals surface area contributed by atoms with Gasteiger partial charge in [0, 0.05) is 136 Å². The van der Waals surface area contributed by atoms with Crippen molar-refractivity contribution in [2.75, 3.05) is 74.9 Å². The second-order valence-electron chi connectivity index (χ2n) is 32.9. The molecular formula is C88H111BrN10O12. The molecule has 23 heteroatoms. The maximum atomic E-state index is 13.3. The van der Waals surface area contributed by atoms with Gasteiger partial charge >= 0.3 is 18.0 Å². The maximum absolute atomic E-state index is 13.3. The van der Waals surface area contributed by atoms with Crippen molar-refractivity contribution in [3.05, 3.63) is 234 Å². The van der Waals surface area contributed by atoms with Gasteiger partial charge in [-0.25, -0.2) is 14.8 Å². The molecule has 5 amide bonds. The van der Waals surface area contributed by atoms with Crippen LogP contribution in [-0.2, 0) is 61.6 Å². The van der Waals surface area contributed by atoms with Gasteiger partial charge < -0.3 is 48.7 Å². The van der Waals surface area contributed by atoms with Crippen LogP contribution in [0.5, 0.6) is 0 Å². The minimum atomic E-state index is -0.573. The lowest BCUT2D eigenvalue weighted by Crippen LogP contribution is -2.51. The number of ether oxygens (including phenoxy) is 3. The lowest BCUT2D eigenvalue weighted by atomic mass is 9.86. The summed E-state index contributed by atoms with van der Waals surface area (Å²) in [5.74, 6) is -1.07. The maximum Gasteiger partial charge on any atom is 0.410 e. The van der Waals surface area contributed by atoms with Crippen molar-refractivity contribution in [3.63, 3.8) is 0 Å². The number of anilines is 2. The molecule has 10 rings (SSSR count). The Morgan fingerprint density at radius 3 is 1.10 bits per heavy atom. The molecule has 4 heterocycles. The number of alkyl halides is 1. The quantitative estimate of drug-likeness (QED) is 0.0550. The van der Waals surface area contributed by atoms with E-state index in [1.807, 2.05) is 190 Å². The third-order valence-corrected chi connectivity index (χ3v) is 18.8. The Hall–Kier alpha value is -10.4. The number of aryl methyl sites for hydroxylation is 2. The number of carbonyl (C=O) groups excluding carboxylic acids is 7. The Bertz CT molecular complexity index is 4750. The molecule has 2 aromatic heterocycles. The predicted octanol–water partition coefficient (Wildman–Crippen LogP) is 14.9. The number of amides is 5. The highest BCUT2D eigenvalue weighted by Crippen LogP contribution is 2.32. The molecule has 0 radical (unpaired) electrons. The summed E-state index contributed by atoms with van der Waals surface area (Å²) >= 11 is 2.99. The molecule has 8 aromatic rings. The third-order valence-electron chi connectivity index (χ3n) is 18.3. The summed E-state index contributed by atoms with van der Waals surface area (Å²) < 4.78 is 18.8. The molecule has 0 unspecified atom stereocenters. The summed E-state index contributed by atoms with van der Waals surface area (Å²) in [7, 11) is 3.40. The average Bonchev–Trinajstić information content (AvgIpc) is 0.795. The second kappa shape index (κ2) is 37.1. The van der Waals surface area contributed by atoms with E-state index in [0.29, 0.717) is 115 Å². The van der Waals surface area contributed by atoms with E-state index in [1.54, 1.807) is 65.5 Å². The number of halogens is 1. The standard InChI is InChI=1S/C41H49N5O5.C40H47N5O5.C6H11BrO2.CH4/c1-27-32(10-9-11-33(27)43-37(48)29-16-18-31(19-17-29)40(2,3)4)35-25-44(8)39(50)34(42-35)24-28-12-14-30(15-13-28)38(49)46-22-20-45(21-23-46)26-36(47)51-41(5,6)7;1-26-31(10-9-11-32(26)42-35(46)28-16-18-30(19-17-28)39(2,3)4)34-25-43(8)37(48)33(41-34)24-27-12-14-29(15-13-27)36(47)44-20-22-45(23-21-44)38(49)50-40(5,6)7;1-6(2,3)9-5(8)4-7;/h9-19,25H,20-24,26H2,1-8H3,(H,43,48);9-19,25H,20-24H2,1-8H3,(H,42,46);4H2,1-3H3;1H4. The van der Waals surface area contributed by atoms with E-state index >= 15 is 0 Å². The number of carbonyl (C=O) groups is 7. The van der Waals surface area contributed by atoms with Crippen LogP contribution in [0.25, 0.3) is 22.5 Å². The first-order valence-corrected chi connectivity index (χ1v) is 38.2. The Morgan fingerprint density at radius 2 is 0.766 bits per heavy atom. The van der Waals surface area contributed by atoms with Gasteiger partial charge in [-0.05, 0) is 181 Å². The molecule has 2 aliphatic rings. The molecule has 2 aliphatic heterocycles. The van der Waals surface area contributed by atoms with Gasteiger partial charge in [-0.3, -0.25) is 43.3 Å². The van der Waals surface area contributed by atoms with E-state index in [1.165, 1.54) is 9.13 Å². The van der Waals surface area contributed by atoms with E-state index in [2.05, 4.69) is 68.1 Å². The first kappa shape index (κ1) is 87.8. The van der Waals surface area contributed by atoms with Gasteiger partial charge in [0.25, 0.3) is 34.7 Å². The van der Waals surface area contributed by atoms with Crippen molar-refractivity contribution >= 4 is 69.0 Å². The Morgan fingerprint density at radius 1 is 0.432 bits per heavy atom. The van der Waals surface area contributed by atoms with E-state index in [0.717, 1.165) is 44.5 Å². The van der Waals surface area contributed by atoms with Gasteiger partial charge in [0.05, 0.1) is 17.9 Å². The van der Waals surface area contributed by atoms with Crippen molar-refractivity contribution < 1.29 is 47.8 Å². The van der Waals surface area contributed by atoms with E-state index in [-0.39, 0.29) is 94.9 Å². The van der Waals surface area contributed by atoms with E-state index in [4.69, 9.17) is 24.2 Å². The molecule has 0 atom stereocenters. The number of rotatable bonds is 15. The van der Waals surface area contributed by atoms with Gasteiger partial charge in [0.2, 0.25) is 0 Å². The monoisotopic (exact) mass is 1580 g/mol. The largest absolute Gasteiger partial charge is 0.459 e. The molecule has 0 spiro atoms. The zero-order valence-electron chi connectivity index (χ0n) is 67.2. The minimum Gasteiger partial charge on any atom is -0.459 e. The number of aromatic nitrogens is 4. The predicted molar refractivity (Wildman–Crippen MR) is 442 cm³/mol. The molecule has 0 aliphatic carbocycles. The van der Waals surface area contributed by atoms with Crippen LogP contribution in [0.1, 0.15) is 197 Å². The SMILES string of the molecule is C.CC(C)(C)OC(=O)CBr.Cc1c(NC(=O)c2ccc(C(C)(C)C)cc2)cccc1-c1cn(C)c(=O)c(Cc2ccc(C(=O)N3CCN(C(=O)OC(C)(C)C)CC3)cc2)n1.Cc1c(NC(=O)c2ccc(C(C)(C)C)cc2)cccc1-c1cn(C)c(=O)c(Cc2ccc(C(=O)N3CCN(CC(=O)OC(C)(C)C)CC3)cc2)n1. The summed E-state index contributed by atoms with van der Waals surface area (Å²) in [5.41, 5.74) is 10.9. The van der Waals surface area contributed by atoms with Crippen molar-refractivity contribution in [1.82, 2.24) is 38.7 Å². The lowest BCUT2D eigenvalue weighted by Gasteiger charge is -2.35. The lowest BCUT2D eigenvalue weighted by molar-refractivity contribution is -0.156. The van der Waals surface area contributed by atoms with Crippen LogP contribution in [0.3, 0.4) is 0 Å². The normalized spacial score (nSPS) is 13.4. The summed E-state index contributed by atoms with van der Waals surface area (Å²) in [6.07, 6.45) is 3.61. The molecule has 2 saturated heterocycles. The fourth-order valence-electron chi connectivity index (χ4n) is 12.3. The number of nitrogens with zero attached hydrogens (tertiary/aromatic N) is 8. The summed E-state index contributed by atoms with van der Waals surface area (Å²) in [6.45, 7) is 37.3. The van der Waals surface area contributed by atoms with Gasteiger partial charge in [0.15, 0.2) is 0 Å². The first-order chi connectivity index (χ1) is 51.4. The summed E-state index contributed by atoms with van der Waals surface area (Å²) in [4.78, 5) is 131. The Balaban J connectivity index is 0.000000275. The molecule has 6 aromatic carbocycles. The van der Waals surface area contributed by atoms with Crippen molar-refractivity contribution in [2.45, 2.75) is 166 Å². The number of hydrogen-bond acceptors (Lipinski definition) is 15. The smallest absolute Gasteiger partial charge is 0.410 e. The van der Waals surface area contributed by atoms with Gasteiger partial charge in [-0.1, -0.05) is 138 Å². The zero-order chi connectivity index (χ0) is 81.0. The third kappa shape index (κ3) is 25.1. The molecule has 2 N–H and O–H groups in total. The van der Waals surface area contributed by atoms with Crippen LogP contribution >= 0.6 is 15.9 Å². The van der Waals surface area contributed by atoms with E-state index in [9.17, 15) is 43.2 Å². The molecule has 0 bridgehead atoms. The zero-order valence-corrected chi connectivity index (χ0v) is 68.8. The average molecular weight is 1580 g/mol. The van der Waals surface area contributed by atoms with Crippen LogP contribution in [-0.4, -0.2) is 161 Å². The fourth-order valence-corrected chi connectivity index (χ4v) is 12.4. The number of hydrogen-bond donors (Lipinski definition) is 2. The molecule has 0 saturated carbocycles. The molecular weight excluding hydrogens is 1470 g/mol. The minimum absolute atomic E-state index is 0. The number of nitrogens with one attached hydrogen (secondary N) is 2. The summed E-state index contributed by atoms with van der Waals surface area (Å²) in [5, 5.41) is 6.35. The highest BCUT2D eigenvalue weighted by Gasteiger charge is 2.30. The Labute approximate surface area is 662 Å². The van der Waals surface area contributed by atoms with Crippen LogP contribution in [0, 0.1) is 13.8 Å². The number of piperazine rings is 2. The van der Waals surface area contributed by atoms with Gasteiger partial charge in [-0.15, -0.1) is 0 Å². The van der Waals surface area contributed by atoms with Gasteiger partial charge in [0.1, 0.15) is 33.5 Å². The van der Waals surface area contributed by atoms with Crippen LogP contribution in [0.2, 0.25) is 0 Å². The van der Waals surface area contributed by atoms with Gasteiger partial charge in [-0.2, -0.15) is 0 Å². The van der Waals surface area contributed by atoms with Crippen LogP contribution < -0.4 is 21.8 Å². The van der Waals surface area contributed by atoms with Crippen molar-refractivity contribution in [1.29, 1.82) is 0 Å². The molecule has 592 valence electrons. The topological polar surface area (TPSA) is 254 Å². The highest BCUT2D eigenvalue weighted by atomic mass is 79.9. The fraction of sp³-hybridized carbons (Fsp3) is 0.420. The Kier molecular flexibility index (Phi) is 29.3. The second-order valence-corrected chi connectivity index (χ2v) is 33.4. The van der Waals surface area contributed by atoms with Crippen molar-refractivity contribution in [2.24, 2.45) is 14.1 Å². The van der Waals surface area contributed by atoms with Crippen LogP contribution in [0.4, 0.5) is 16.2 Å². The molecule has 2 fully saturated rings. The number of esters is 2. The number of benzene rings is 6. The molecule has 22 nitrogen and oxygen atoms in total.